The van der Waals surface area contributed by atoms with E-state index in [1.165, 1.54) is 11.8 Å². The first-order valence-corrected chi connectivity index (χ1v) is 9.80. The van der Waals surface area contributed by atoms with Gasteiger partial charge in [0.1, 0.15) is 11.5 Å². The highest BCUT2D eigenvalue weighted by molar-refractivity contribution is 6.13. The monoisotopic (exact) mass is 410 g/mol. The van der Waals surface area contributed by atoms with E-state index >= 15 is 0 Å². The maximum absolute atomic E-state index is 13.0. The summed E-state index contributed by atoms with van der Waals surface area (Å²) >= 11 is 0. The summed E-state index contributed by atoms with van der Waals surface area (Å²) in [4.78, 5) is 26.6. The summed E-state index contributed by atoms with van der Waals surface area (Å²) < 4.78 is 12.8. The number of anilines is 1. The Morgan fingerprint density at radius 1 is 1.13 bits per heavy atom. The number of phenols is 1. The molecule has 0 aliphatic carbocycles. The molecule has 3 rings (SSSR count). The second kappa shape index (κ2) is 8.49. The summed E-state index contributed by atoms with van der Waals surface area (Å²) in [6.45, 7) is 7.23. The third-order valence-electron chi connectivity index (χ3n) is 4.67. The van der Waals surface area contributed by atoms with Gasteiger partial charge in [0.25, 0.3) is 0 Å². The van der Waals surface area contributed by atoms with Crippen LogP contribution in [0.1, 0.15) is 38.2 Å². The van der Waals surface area contributed by atoms with Crippen LogP contribution >= 0.6 is 0 Å². The number of ether oxygens (including phenoxy) is 2. The van der Waals surface area contributed by atoms with Crippen molar-refractivity contribution < 1.29 is 24.2 Å². The van der Waals surface area contributed by atoms with Crippen molar-refractivity contribution in [2.75, 3.05) is 18.6 Å². The van der Waals surface area contributed by atoms with Gasteiger partial charge in [-0.3, -0.25) is 4.79 Å². The van der Waals surface area contributed by atoms with Crippen LogP contribution in [0.3, 0.4) is 0 Å². The summed E-state index contributed by atoms with van der Waals surface area (Å²) in [6.07, 6.45) is 0.0390. The number of phenolic OH excluding ortho intramolecular Hbond substituents is 1. The molecule has 3 aromatic rings. The lowest BCUT2D eigenvalue weighted by Gasteiger charge is -2.17. The highest BCUT2D eigenvalue weighted by atomic mass is 16.5. The highest BCUT2D eigenvalue weighted by Crippen LogP contribution is 2.38. The molecule has 0 atom stereocenters. The van der Waals surface area contributed by atoms with Crippen LogP contribution in [0, 0.1) is 0 Å². The summed E-state index contributed by atoms with van der Waals surface area (Å²) in [5.41, 5.74) is 1.96. The largest absolute Gasteiger partial charge is 0.508 e. The molecule has 0 saturated carbocycles. The van der Waals surface area contributed by atoms with Gasteiger partial charge in [0.05, 0.1) is 23.9 Å². The van der Waals surface area contributed by atoms with Crippen molar-refractivity contribution in [3.05, 3.63) is 48.2 Å². The van der Waals surface area contributed by atoms with Gasteiger partial charge in [-0.05, 0) is 63.2 Å². The minimum atomic E-state index is -0.557. The average Bonchev–Trinajstić information content (AvgIpc) is 3.01. The Balaban J connectivity index is 2.33. The van der Waals surface area contributed by atoms with Crippen LogP contribution in [0.15, 0.2) is 42.5 Å². The zero-order valence-corrected chi connectivity index (χ0v) is 17.8. The Morgan fingerprint density at radius 3 is 2.37 bits per heavy atom. The van der Waals surface area contributed by atoms with E-state index in [1.807, 2.05) is 38.1 Å². The number of nitrogens with zero attached hydrogens (tertiary/aromatic N) is 2. The second-order valence-electron chi connectivity index (χ2n) is 7.19. The number of amides is 1. The molecule has 7 nitrogen and oxygen atoms in total. The molecule has 0 fully saturated rings. The van der Waals surface area contributed by atoms with Crippen LogP contribution in [0.4, 0.5) is 5.69 Å². The lowest BCUT2D eigenvalue weighted by molar-refractivity contribution is -0.116. The molecule has 30 heavy (non-hydrogen) atoms. The molecular weight excluding hydrogens is 384 g/mol. The van der Waals surface area contributed by atoms with E-state index < -0.39 is 5.97 Å². The zero-order valence-electron chi connectivity index (χ0n) is 17.8. The molecule has 158 valence electrons. The minimum Gasteiger partial charge on any atom is -0.508 e. The van der Waals surface area contributed by atoms with Crippen LogP contribution in [0.2, 0.25) is 0 Å². The van der Waals surface area contributed by atoms with E-state index in [-0.39, 0.29) is 30.1 Å². The standard InChI is InChI=1S/C23H26N2O5/c1-6-29-23(28)22-21(24(5)15(4)26)19-13-17(27)9-12-20(19)25(22)16-7-10-18(11-8-16)30-14(2)3/h7-14,27H,6H2,1-5H3. The molecule has 2 aromatic carbocycles. The van der Waals surface area contributed by atoms with Crippen LogP contribution < -0.4 is 9.64 Å². The Morgan fingerprint density at radius 2 is 1.80 bits per heavy atom. The van der Waals surface area contributed by atoms with Crippen LogP contribution in [0.25, 0.3) is 16.6 Å². The smallest absolute Gasteiger partial charge is 0.357 e. The second-order valence-corrected chi connectivity index (χ2v) is 7.19. The number of esters is 1. The molecule has 1 aromatic heterocycles. The first-order chi connectivity index (χ1) is 14.2. The van der Waals surface area contributed by atoms with Crippen molar-refractivity contribution in [3.8, 4) is 17.2 Å². The number of hydrogen-bond acceptors (Lipinski definition) is 5. The van der Waals surface area contributed by atoms with Gasteiger partial charge in [-0.15, -0.1) is 0 Å². The molecule has 7 heteroatoms. The molecule has 0 unspecified atom stereocenters. The summed E-state index contributed by atoms with van der Waals surface area (Å²) in [5.74, 6) is -0.0574. The summed E-state index contributed by atoms with van der Waals surface area (Å²) in [7, 11) is 1.59. The van der Waals surface area contributed by atoms with Crippen molar-refractivity contribution in [1.29, 1.82) is 0 Å². The average molecular weight is 410 g/mol. The maximum atomic E-state index is 13.0. The van der Waals surface area contributed by atoms with Gasteiger partial charge in [0.2, 0.25) is 5.91 Å². The van der Waals surface area contributed by atoms with E-state index in [2.05, 4.69) is 0 Å². The third-order valence-corrected chi connectivity index (χ3v) is 4.67. The molecular formula is C23H26N2O5. The molecule has 0 aliphatic rings. The minimum absolute atomic E-state index is 0.0361. The van der Waals surface area contributed by atoms with Gasteiger partial charge in [-0.1, -0.05) is 0 Å². The number of benzene rings is 2. The maximum Gasteiger partial charge on any atom is 0.357 e. The zero-order chi connectivity index (χ0) is 22.0. The summed E-state index contributed by atoms with van der Waals surface area (Å²) in [6, 6.07) is 12.1. The fraction of sp³-hybridized carbons (Fsp3) is 0.304. The number of aromatic hydroxyl groups is 1. The van der Waals surface area contributed by atoms with Gasteiger partial charge in [-0.2, -0.15) is 0 Å². The molecule has 1 N–H and O–H groups in total. The van der Waals surface area contributed by atoms with E-state index in [0.29, 0.717) is 28.0 Å². The third kappa shape index (κ3) is 3.96. The van der Waals surface area contributed by atoms with Gasteiger partial charge in [0, 0.05) is 25.0 Å². The Hall–Kier alpha value is -3.48. The van der Waals surface area contributed by atoms with Gasteiger partial charge in [-0.25, -0.2) is 4.79 Å². The predicted octanol–water partition coefficient (Wildman–Crippen LogP) is 4.28. The normalized spacial score (nSPS) is 11.0. The van der Waals surface area contributed by atoms with Gasteiger partial charge < -0.3 is 24.0 Å². The van der Waals surface area contributed by atoms with Crippen LogP contribution in [-0.4, -0.2) is 41.3 Å². The lowest BCUT2D eigenvalue weighted by Crippen LogP contribution is -2.25. The number of rotatable bonds is 6. The van der Waals surface area contributed by atoms with Gasteiger partial charge >= 0.3 is 5.97 Å². The molecule has 0 saturated heterocycles. The number of hydrogen-bond donors (Lipinski definition) is 1. The fourth-order valence-electron chi connectivity index (χ4n) is 3.36. The SMILES string of the molecule is CCOC(=O)c1c(N(C)C(C)=O)c2cc(O)ccc2n1-c1ccc(OC(C)C)cc1. The van der Waals surface area contributed by atoms with E-state index in [0.717, 1.165) is 0 Å². The number of carbonyl (C=O) groups is 2. The first-order valence-electron chi connectivity index (χ1n) is 9.80. The fourth-order valence-corrected chi connectivity index (χ4v) is 3.36. The number of carbonyl (C=O) groups excluding carboxylic acids is 2. The van der Waals surface area contributed by atoms with Crippen molar-refractivity contribution >= 4 is 28.5 Å². The molecule has 0 aliphatic heterocycles. The predicted molar refractivity (Wildman–Crippen MR) is 116 cm³/mol. The molecule has 1 heterocycles. The van der Waals surface area contributed by atoms with Crippen LogP contribution in [0.5, 0.6) is 11.5 Å². The molecule has 1 amide bonds. The Bertz CT molecular complexity index is 1080. The Kier molecular flexibility index (Phi) is 6.01. The molecule has 0 bridgehead atoms. The van der Waals surface area contributed by atoms with E-state index in [4.69, 9.17) is 9.47 Å². The Labute approximate surface area is 175 Å². The molecule has 0 spiro atoms. The number of fused-ring (bicyclic) bond motifs is 1. The quantitative estimate of drug-likeness (QED) is 0.614. The number of aromatic nitrogens is 1. The van der Waals surface area contributed by atoms with E-state index in [1.54, 1.807) is 36.7 Å². The first kappa shape index (κ1) is 21.2. The van der Waals surface area contributed by atoms with Crippen molar-refractivity contribution in [1.82, 2.24) is 4.57 Å². The van der Waals surface area contributed by atoms with Crippen molar-refractivity contribution in [2.45, 2.75) is 33.8 Å². The van der Waals surface area contributed by atoms with Crippen molar-refractivity contribution in [3.63, 3.8) is 0 Å². The molecule has 0 radical (unpaired) electrons. The van der Waals surface area contributed by atoms with Crippen molar-refractivity contribution in [2.24, 2.45) is 0 Å². The van der Waals surface area contributed by atoms with Gasteiger partial charge in [0.15, 0.2) is 5.69 Å². The van der Waals surface area contributed by atoms with Crippen LogP contribution in [-0.2, 0) is 9.53 Å². The summed E-state index contributed by atoms with van der Waals surface area (Å²) in [5, 5.41) is 10.6. The highest BCUT2D eigenvalue weighted by Gasteiger charge is 2.28. The topological polar surface area (TPSA) is 81.0 Å². The van der Waals surface area contributed by atoms with E-state index in [9.17, 15) is 14.7 Å². The lowest BCUT2D eigenvalue weighted by atomic mass is 10.2.